The highest BCUT2D eigenvalue weighted by molar-refractivity contribution is 6.00. The number of hydrogen-bond donors (Lipinski definition) is 0. The molecular formula is C30H34O5. The highest BCUT2D eigenvalue weighted by Gasteiger charge is 2.42. The van der Waals surface area contributed by atoms with Crippen LogP contribution < -0.4 is 9.47 Å². The Bertz CT molecular complexity index is 1180. The van der Waals surface area contributed by atoms with Crippen LogP contribution in [0.15, 0.2) is 60.7 Å². The zero-order valence-corrected chi connectivity index (χ0v) is 21.0. The number of fused-ring (bicyclic) bond motifs is 1. The van der Waals surface area contributed by atoms with Crippen LogP contribution in [-0.4, -0.2) is 25.5 Å². The van der Waals surface area contributed by atoms with Crippen LogP contribution in [0.2, 0.25) is 0 Å². The maximum absolute atomic E-state index is 13.1. The largest absolute Gasteiger partial charge is 0.497 e. The number of esters is 1. The molecule has 0 bridgehead atoms. The van der Waals surface area contributed by atoms with E-state index in [1.165, 1.54) is 0 Å². The molecule has 184 valence electrons. The van der Waals surface area contributed by atoms with Crippen molar-refractivity contribution in [2.24, 2.45) is 17.8 Å². The first-order valence-electron chi connectivity index (χ1n) is 12.4. The van der Waals surface area contributed by atoms with Crippen LogP contribution in [0.25, 0.3) is 10.8 Å². The van der Waals surface area contributed by atoms with E-state index in [2.05, 4.69) is 38.1 Å². The van der Waals surface area contributed by atoms with Gasteiger partial charge in [0.05, 0.1) is 13.7 Å². The molecule has 0 saturated heterocycles. The maximum atomic E-state index is 13.1. The Kier molecular flexibility index (Phi) is 7.74. The van der Waals surface area contributed by atoms with Gasteiger partial charge in [0.2, 0.25) is 0 Å². The van der Waals surface area contributed by atoms with Crippen molar-refractivity contribution in [3.63, 3.8) is 0 Å². The van der Waals surface area contributed by atoms with Gasteiger partial charge < -0.3 is 14.2 Å². The molecule has 0 radical (unpaired) electrons. The number of carbonyl (C=O) groups is 2. The lowest BCUT2D eigenvalue weighted by Gasteiger charge is -2.37. The second-order valence-electron chi connectivity index (χ2n) is 9.60. The summed E-state index contributed by atoms with van der Waals surface area (Å²) in [5, 5.41) is 2.21. The van der Waals surface area contributed by atoms with Crippen LogP contribution in [0.3, 0.4) is 0 Å². The fraction of sp³-hybridized carbons (Fsp3) is 0.400. The minimum absolute atomic E-state index is 0.0163. The molecule has 5 nitrogen and oxygen atoms in total. The predicted octanol–water partition coefficient (Wildman–Crippen LogP) is 6.33. The number of benzene rings is 3. The number of ether oxygens (including phenoxy) is 3. The third-order valence-corrected chi connectivity index (χ3v) is 7.09. The van der Waals surface area contributed by atoms with Crippen molar-refractivity contribution < 1.29 is 23.8 Å². The highest BCUT2D eigenvalue weighted by Crippen LogP contribution is 2.46. The van der Waals surface area contributed by atoms with E-state index in [-0.39, 0.29) is 30.2 Å². The molecule has 0 heterocycles. The molecule has 3 unspecified atom stereocenters. The van der Waals surface area contributed by atoms with Crippen molar-refractivity contribution >= 4 is 22.5 Å². The van der Waals surface area contributed by atoms with Crippen molar-refractivity contribution in [3.8, 4) is 11.5 Å². The Hall–Kier alpha value is -3.34. The second kappa shape index (κ2) is 10.9. The van der Waals surface area contributed by atoms with Crippen LogP contribution in [0.1, 0.15) is 50.7 Å². The molecular weight excluding hydrogens is 440 g/mol. The lowest BCUT2D eigenvalue weighted by atomic mass is 9.66. The van der Waals surface area contributed by atoms with Gasteiger partial charge in [-0.3, -0.25) is 9.59 Å². The summed E-state index contributed by atoms with van der Waals surface area (Å²) in [6.45, 7) is 6.84. The van der Waals surface area contributed by atoms with Gasteiger partial charge in [-0.2, -0.15) is 0 Å². The Balaban J connectivity index is 1.66. The summed E-state index contributed by atoms with van der Waals surface area (Å²) >= 11 is 0. The third kappa shape index (κ3) is 5.50. The number of ketones is 1. The summed E-state index contributed by atoms with van der Waals surface area (Å²) in [6.07, 6.45) is 0.851. The first kappa shape index (κ1) is 24.8. The summed E-state index contributed by atoms with van der Waals surface area (Å²) in [6, 6.07) is 20.2. The molecule has 0 spiro atoms. The van der Waals surface area contributed by atoms with E-state index in [0.29, 0.717) is 25.4 Å². The van der Waals surface area contributed by atoms with E-state index < -0.39 is 5.92 Å². The second-order valence-corrected chi connectivity index (χ2v) is 9.60. The molecule has 0 amide bonds. The van der Waals surface area contributed by atoms with Crippen LogP contribution in [0, 0.1) is 17.8 Å². The molecule has 1 aliphatic carbocycles. The molecule has 1 aliphatic rings. The highest BCUT2D eigenvalue weighted by atomic mass is 16.5. The summed E-state index contributed by atoms with van der Waals surface area (Å²) in [7, 11) is 1.65. The molecule has 1 fully saturated rings. The van der Waals surface area contributed by atoms with Gasteiger partial charge in [0.1, 0.15) is 29.8 Å². The SMILES string of the molecule is CCOC(=O)C1CC(C(C)C)C(c2cc(OCc3ccc(OC)cc3)cc3ccccc23)CC1=O. The molecule has 5 heteroatoms. The monoisotopic (exact) mass is 474 g/mol. The fourth-order valence-corrected chi connectivity index (χ4v) is 5.22. The summed E-state index contributed by atoms with van der Waals surface area (Å²) in [5.41, 5.74) is 2.16. The average Bonchev–Trinajstić information content (AvgIpc) is 2.87. The first-order chi connectivity index (χ1) is 16.9. The zero-order valence-electron chi connectivity index (χ0n) is 21.0. The Morgan fingerprint density at radius 2 is 1.77 bits per heavy atom. The average molecular weight is 475 g/mol. The molecule has 0 aromatic heterocycles. The molecule has 0 N–H and O–H groups in total. The Labute approximate surface area is 207 Å². The van der Waals surface area contributed by atoms with E-state index in [1.54, 1.807) is 14.0 Å². The number of carbonyl (C=O) groups excluding carboxylic acids is 2. The number of rotatable bonds is 8. The van der Waals surface area contributed by atoms with E-state index in [9.17, 15) is 9.59 Å². The maximum Gasteiger partial charge on any atom is 0.316 e. The van der Waals surface area contributed by atoms with Crippen LogP contribution in [-0.2, 0) is 20.9 Å². The molecule has 4 rings (SSSR count). The Morgan fingerprint density at radius 1 is 1.03 bits per heavy atom. The number of hydrogen-bond acceptors (Lipinski definition) is 5. The van der Waals surface area contributed by atoms with Gasteiger partial charge >= 0.3 is 5.97 Å². The van der Waals surface area contributed by atoms with Gasteiger partial charge in [0.15, 0.2) is 0 Å². The summed E-state index contributed by atoms with van der Waals surface area (Å²) in [4.78, 5) is 25.6. The quantitative estimate of drug-likeness (QED) is 0.282. The minimum atomic E-state index is -0.667. The lowest BCUT2D eigenvalue weighted by molar-refractivity contribution is -0.154. The molecule has 1 saturated carbocycles. The van der Waals surface area contributed by atoms with Crippen molar-refractivity contribution in [3.05, 3.63) is 71.8 Å². The van der Waals surface area contributed by atoms with Crippen molar-refractivity contribution in [1.29, 1.82) is 0 Å². The fourth-order valence-electron chi connectivity index (χ4n) is 5.22. The van der Waals surface area contributed by atoms with E-state index in [4.69, 9.17) is 14.2 Å². The van der Waals surface area contributed by atoms with E-state index in [0.717, 1.165) is 33.4 Å². The molecule has 0 aliphatic heterocycles. The van der Waals surface area contributed by atoms with Crippen LogP contribution in [0.5, 0.6) is 11.5 Å². The van der Waals surface area contributed by atoms with Crippen molar-refractivity contribution in [1.82, 2.24) is 0 Å². The minimum Gasteiger partial charge on any atom is -0.497 e. The standard InChI is InChI=1S/C30H34O5/c1-5-34-30(32)28-16-25(19(2)3)27(17-29(28)31)26-15-23(14-21-8-6-7-9-24(21)26)35-18-20-10-12-22(33-4)13-11-20/h6-15,19,25,27-28H,5,16-18H2,1-4H3. The van der Waals surface area contributed by atoms with Gasteiger partial charge in [0, 0.05) is 6.42 Å². The molecule has 3 aromatic rings. The van der Waals surface area contributed by atoms with Crippen LogP contribution in [0.4, 0.5) is 0 Å². The smallest absolute Gasteiger partial charge is 0.316 e. The predicted molar refractivity (Wildman–Crippen MR) is 137 cm³/mol. The molecule has 3 atom stereocenters. The first-order valence-corrected chi connectivity index (χ1v) is 12.4. The van der Waals surface area contributed by atoms with Gasteiger partial charge in [-0.15, -0.1) is 0 Å². The summed E-state index contributed by atoms with van der Waals surface area (Å²) in [5.74, 6) is 1.01. The molecule has 3 aromatic carbocycles. The summed E-state index contributed by atoms with van der Waals surface area (Å²) < 4.78 is 16.7. The van der Waals surface area contributed by atoms with Gasteiger partial charge in [-0.1, -0.05) is 50.2 Å². The zero-order chi connectivity index (χ0) is 24.9. The van der Waals surface area contributed by atoms with Crippen molar-refractivity contribution in [2.45, 2.75) is 46.1 Å². The van der Waals surface area contributed by atoms with E-state index >= 15 is 0 Å². The lowest BCUT2D eigenvalue weighted by Crippen LogP contribution is -2.38. The Morgan fingerprint density at radius 3 is 2.46 bits per heavy atom. The normalized spacial score (nSPS) is 20.1. The van der Waals surface area contributed by atoms with Gasteiger partial charge in [-0.05, 0) is 77.3 Å². The van der Waals surface area contributed by atoms with E-state index in [1.807, 2.05) is 36.4 Å². The topological polar surface area (TPSA) is 61.8 Å². The molecule has 35 heavy (non-hydrogen) atoms. The third-order valence-electron chi connectivity index (χ3n) is 7.09. The number of Topliss-reactive ketones (excluding diaryl/α,β-unsaturated/α-hetero) is 1. The van der Waals surface area contributed by atoms with Gasteiger partial charge in [-0.25, -0.2) is 0 Å². The van der Waals surface area contributed by atoms with Gasteiger partial charge in [0.25, 0.3) is 0 Å². The van der Waals surface area contributed by atoms with Crippen molar-refractivity contribution in [2.75, 3.05) is 13.7 Å². The number of methoxy groups -OCH3 is 1. The van der Waals surface area contributed by atoms with Crippen LogP contribution >= 0.6 is 0 Å².